The van der Waals surface area contributed by atoms with Gasteiger partial charge in [-0.15, -0.1) is 0 Å². The number of thioether (sulfide) groups is 1. The number of hydrogen-bond acceptors (Lipinski definition) is 6. The van der Waals surface area contributed by atoms with E-state index in [2.05, 4.69) is 21.3 Å². The van der Waals surface area contributed by atoms with Crippen molar-refractivity contribution in [2.45, 2.75) is 6.92 Å². The highest BCUT2D eigenvalue weighted by atomic mass is 32.2. The molecule has 0 spiro atoms. The molecular weight excluding hydrogens is 386 g/mol. The lowest BCUT2D eigenvalue weighted by atomic mass is 10.1. The molecule has 0 aliphatic carbocycles. The van der Waals surface area contributed by atoms with Crippen molar-refractivity contribution < 1.29 is 14.3 Å². The molecule has 2 aromatic carbocycles. The first kappa shape index (κ1) is 19.5. The van der Waals surface area contributed by atoms with E-state index in [0.717, 1.165) is 49.0 Å². The van der Waals surface area contributed by atoms with Crippen LogP contribution in [0.25, 0.3) is 6.08 Å². The Hall–Kier alpha value is -2.77. The van der Waals surface area contributed by atoms with Gasteiger partial charge in [0.05, 0.1) is 30.9 Å². The third-order valence-electron chi connectivity index (χ3n) is 4.80. The number of nitrogens with zero attached hydrogens (tertiary/aromatic N) is 2. The summed E-state index contributed by atoms with van der Waals surface area (Å²) in [5.74, 6) is 0.582. The Bertz CT molecular complexity index is 964. The van der Waals surface area contributed by atoms with Crippen molar-refractivity contribution in [3.05, 3.63) is 58.5 Å². The van der Waals surface area contributed by atoms with E-state index in [1.54, 1.807) is 7.11 Å². The molecule has 0 bridgehead atoms. The monoisotopic (exact) mass is 409 g/mol. The Labute approximate surface area is 174 Å². The average molecular weight is 410 g/mol. The number of amides is 1. The van der Waals surface area contributed by atoms with Gasteiger partial charge in [-0.05, 0) is 49.0 Å². The van der Waals surface area contributed by atoms with Crippen molar-refractivity contribution >= 4 is 40.3 Å². The second-order valence-electron chi connectivity index (χ2n) is 6.84. The number of amidine groups is 1. The minimum atomic E-state index is -0.153. The Morgan fingerprint density at radius 1 is 1.17 bits per heavy atom. The summed E-state index contributed by atoms with van der Waals surface area (Å²) in [5, 5.41) is 3.41. The van der Waals surface area contributed by atoms with Crippen LogP contribution >= 0.6 is 11.8 Å². The molecule has 2 fully saturated rings. The van der Waals surface area contributed by atoms with Gasteiger partial charge in [-0.1, -0.05) is 17.7 Å². The molecule has 0 saturated carbocycles. The number of rotatable bonds is 4. The topological polar surface area (TPSA) is 63.2 Å². The number of aliphatic imine (C=N–C) groups is 1. The number of hydrogen-bond donors (Lipinski definition) is 1. The van der Waals surface area contributed by atoms with Crippen LogP contribution in [0.1, 0.15) is 11.1 Å². The van der Waals surface area contributed by atoms with Gasteiger partial charge >= 0.3 is 0 Å². The molecular formula is C22H23N3O3S. The zero-order valence-corrected chi connectivity index (χ0v) is 17.3. The van der Waals surface area contributed by atoms with Gasteiger partial charge in [0, 0.05) is 30.4 Å². The van der Waals surface area contributed by atoms with E-state index < -0.39 is 0 Å². The van der Waals surface area contributed by atoms with Crippen molar-refractivity contribution in [1.82, 2.24) is 5.32 Å². The molecule has 1 amide bonds. The van der Waals surface area contributed by atoms with Gasteiger partial charge in [-0.2, -0.15) is 0 Å². The molecule has 0 aromatic heterocycles. The van der Waals surface area contributed by atoms with Crippen LogP contribution in [0, 0.1) is 6.92 Å². The zero-order valence-electron chi connectivity index (χ0n) is 16.5. The maximum absolute atomic E-state index is 12.4. The molecule has 7 heteroatoms. The SMILES string of the molecule is COc1cc(N2CCOCC2)ccc1/C=C1\SC(=Nc2ccc(C)cc2)NC1=O. The predicted octanol–water partition coefficient (Wildman–Crippen LogP) is 3.73. The number of ether oxygens (including phenoxy) is 2. The molecule has 0 unspecified atom stereocenters. The highest BCUT2D eigenvalue weighted by molar-refractivity contribution is 8.18. The summed E-state index contributed by atoms with van der Waals surface area (Å²) in [6.07, 6.45) is 1.85. The average Bonchev–Trinajstić information content (AvgIpc) is 3.09. The molecule has 2 aliphatic rings. The van der Waals surface area contributed by atoms with Crippen LogP contribution in [-0.2, 0) is 9.53 Å². The Morgan fingerprint density at radius 3 is 2.66 bits per heavy atom. The molecule has 1 N–H and O–H groups in total. The molecule has 0 atom stereocenters. The number of aryl methyl sites for hydroxylation is 1. The van der Waals surface area contributed by atoms with Crippen LogP contribution in [0.5, 0.6) is 5.75 Å². The minimum absolute atomic E-state index is 0.153. The highest BCUT2D eigenvalue weighted by Gasteiger charge is 2.24. The van der Waals surface area contributed by atoms with E-state index in [-0.39, 0.29) is 5.91 Å². The molecule has 2 aromatic rings. The summed E-state index contributed by atoms with van der Waals surface area (Å²) >= 11 is 1.33. The zero-order chi connectivity index (χ0) is 20.2. The van der Waals surface area contributed by atoms with Crippen LogP contribution < -0.4 is 15.0 Å². The molecule has 6 nitrogen and oxygen atoms in total. The van der Waals surface area contributed by atoms with Crippen LogP contribution in [0.4, 0.5) is 11.4 Å². The van der Waals surface area contributed by atoms with Gasteiger partial charge in [-0.3, -0.25) is 4.79 Å². The normalized spacial score (nSPS) is 19.7. The van der Waals surface area contributed by atoms with Gasteiger partial charge in [0.2, 0.25) is 0 Å². The van der Waals surface area contributed by atoms with Crippen molar-refractivity contribution in [2.75, 3.05) is 38.3 Å². The number of nitrogens with one attached hydrogen (secondary N) is 1. The number of methoxy groups -OCH3 is 1. The van der Waals surface area contributed by atoms with Crippen LogP contribution in [-0.4, -0.2) is 44.5 Å². The number of carbonyl (C=O) groups is 1. The molecule has 150 valence electrons. The van der Waals surface area contributed by atoms with Crippen LogP contribution in [0.15, 0.2) is 52.4 Å². The summed E-state index contributed by atoms with van der Waals surface area (Å²) in [5.41, 5.74) is 3.94. The van der Waals surface area contributed by atoms with Gasteiger partial charge in [0.25, 0.3) is 5.91 Å². The number of anilines is 1. The maximum Gasteiger partial charge on any atom is 0.264 e. The van der Waals surface area contributed by atoms with Gasteiger partial charge in [0.15, 0.2) is 5.17 Å². The van der Waals surface area contributed by atoms with Crippen molar-refractivity contribution in [2.24, 2.45) is 4.99 Å². The maximum atomic E-state index is 12.4. The van der Waals surface area contributed by atoms with Crippen molar-refractivity contribution in [1.29, 1.82) is 0 Å². The summed E-state index contributed by atoms with van der Waals surface area (Å²) in [6.45, 7) is 5.21. The molecule has 2 heterocycles. The second kappa shape index (κ2) is 8.71. The van der Waals surface area contributed by atoms with E-state index in [0.29, 0.717) is 10.1 Å². The number of carbonyl (C=O) groups excluding carboxylic acids is 1. The quantitative estimate of drug-likeness (QED) is 0.780. The number of morpholine rings is 1. The standard InChI is InChI=1S/C22H23N3O3S/c1-15-3-6-17(7-4-15)23-22-24-21(26)20(29-22)13-16-5-8-18(14-19(16)27-2)25-9-11-28-12-10-25/h3-8,13-14H,9-12H2,1-2H3,(H,23,24,26)/b20-13-. The van der Waals surface area contributed by atoms with Gasteiger partial charge in [-0.25, -0.2) is 4.99 Å². The van der Waals surface area contributed by atoms with Crippen molar-refractivity contribution in [3.8, 4) is 5.75 Å². The summed E-state index contributed by atoms with van der Waals surface area (Å²) in [6, 6.07) is 13.9. The van der Waals surface area contributed by atoms with E-state index >= 15 is 0 Å². The minimum Gasteiger partial charge on any atom is -0.496 e. The number of benzene rings is 2. The predicted molar refractivity (Wildman–Crippen MR) is 118 cm³/mol. The molecule has 29 heavy (non-hydrogen) atoms. The third kappa shape index (κ3) is 4.63. The summed E-state index contributed by atoms with van der Waals surface area (Å²) in [7, 11) is 1.65. The summed E-state index contributed by atoms with van der Waals surface area (Å²) in [4.78, 5) is 19.8. The molecule has 0 radical (unpaired) electrons. The van der Waals surface area contributed by atoms with Gasteiger partial charge < -0.3 is 19.7 Å². The van der Waals surface area contributed by atoms with Crippen LogP contribution in [0.3, 0.4) is 0 Å². The Morgan fingerprint density at radius 2 is 1.93 bits per heavy atom. The lowest BCUT2D eigenvalue weighted by Crippen LogP contribution is -2.36. The van der Waals surface area contributed by atoms with E-state index in [1.807, 2.05) is 49.4 Å². The van der Waals surface area contributed by atoms with Crippen LogP contribution in [0.2, 0.25) is 0 Å². The van der Waals surface area contributed by atoms with Crippen molar-refractivity contribution in [3.63, 3.8) is 0 Å². The first-order chi connectivity index (χ1) is 14.1. The largest absolute Gasteiger partial charge is 0.496 e. The molecule has 2 saturated heterocycles. The molecule has 2 aliphatic heterocycles. The first-order valence-electron chi connectivity index (χ1n) is 9.49. The van der Waals surface area contributed by atoms with Gasteiger partial charge in [0.1, 0.15) is 5.75 Å². The highest BCUT2D eigenvalue weighted by Crippen LogP contribution is 2.32. The lowest BCUT2D eigenvalue weighted by Gasteiger charge is -2.29. The van der Waals surface area contributed by atoms with E-state index in [4.69, 9.17) is 9.47 Å². The molecule has 4 rings (SSSR count). The second-order valence-corrected chi connectivity index (χ2v) is 7.87. The fourth-order valence-corrected chi connectivity index (χ4v) is 4.03. The smallest absolute Gasteiger partial charge is 0.264 e. The Balaban J connectivity index is 1.55. The fraction of sp³-hybridized carbons (Fsp3) is 0.273. The lowest BCUT2D eigenvalue weighted by molar-refractivity contribution is -0.115. The fourth-order valence-electron chi connectivity index (χ4n) is 3.20. The third-order valence-corrected chi connectivity index (χ3v) is 5.71. The summed E-state index contributed by atoms with van der Waals surface area (Å²) < 4.78 is 11.0. The Kier molecular flexibility index (Phi) is 5.87. The van der Waals surface area contributed by atoms with E-state index in [1.165, 1.54) is 17.3 Å². The first-order valence-corrected chi connectivity index (χ1v) is 10.3. The van der Waals surface area contributed by atoms with E-state index in [9.17, 15) is 4.79 Å².